The highest BCUT2D eigenvalue weighted by Crippen LogP contribution is 2.38. The Morgan fingerprint density at radius 1 is 1.33 bits per heavy atom. The van der Waals surface area contributed by atoms with Crippen molar-refractivity contribution < 1.29 is 24.4 Å². The molecule has 0 radical (unpaired) electrons. The molecular formula is C16H23N3O5. The number of fused-ring (bicyclic) bond motifs is 1. The molecule has 0 aliphatic carbocycles. The van der Waals surface area contributed by atoms with E-state index in [1.54, 1.807) is 13.8 Å². The summed E-state index contributed by atoms with van der Waals surface area (Å²) in [6, 6.07) is 8.55. The number of hydrogen-bond donors (Lipinski definition) is 4. The Balaban J connectivity index is 1.68. The molecule has 5 atom stereocenters. The average molecular weight is 337 g/mol. The van der Waals surface area contributed by atoms with Gasteiger partial charge in [0.2, 0.25) is 0 Å². The first-order chi connectivity index (χ1) is 11.4. The van der Waals surface area contributed by atoms with Crippen LogP contribution in [0.4, 0.5) is 5.69 Å². The van der Waals surface area contributed by atoms with E-state index in [1.807, 2.05) is 30.3 Å². The van der Waals surface area contributed by atoms with Gasteiger partial charge in [0.25, 0.3) is 0 Å². The molecule has 2 aliphatic heterocycles. The van der Waals surface area contributed by atoms with E-state index in [9.17, 15) is 10.2 Å². The van der Waals surface area contributed by atoms with Crippen LogP contribution in [0.25, 0.3) is 0 Å². The maximum Gasteiger partial charge on any atom is 0.193 e. The van der Waals surface area contributed by atoms with Crippen LogP contribution in [-0.2, 0) is 14.2 Å². The summed E-state index contributed by atoms with van der Waals surface area (Å²) < 4.78 is 16.9. The molecule has 2 heterocycles. The van der Waals surface area contributed by atoms with Gasteiger partial charge in [0.1, 0.15) is 24.4 Å². The van der Waals surface area contributed by atoms with Crippen molar-refractivity contribution in [2.45, 2.75) is 50.3 Å². The molecule has 2 fully saturated rings. The second-order valence-corrected chi connectivity index (χ2v) is 6.32. The van der Waals surface area contributed by atoms with Crippen LogP contribution in [0.1, 0.15) is 13.8 Å². The standard InChI is InChI=1S/C16H23N3O5/c1-16(2)23-13-11(21)12(22-14(13)24-16)10(8-20)19-15(17)18-9-6-4-3-5-7-9/h3-7,10-14,20-21H,8H2,1-2H3,(H3,17,18,19)/t10-,11-,12+,13+,14+/m0/s1. The molecule has 1 aromatic rings. The number of aliphatic imine (C=N–C) groups is 1. The van der Waals surface area contributed by atoms with Crippen LogP contribution in [0.15, 0.2) is 35.3 Å². The lowest BCUT2D eigenvalue weighted by molar-refractivity contribution is -0.217. The summed E-state index contributed by atoms with van der Waals surface area (Å²) >= 11 is 0. The molecule has 24 heavy (non-hydrogen) atoms. The number of benzene rings is 1. The van der Waals surface area contributed by atoms with Crippen LogP contribution < -0.4 is 11.1 Å². The van der Waals surface area contributed by atoms with Crippen molar-refractivity contribution in [2.75, 3.05) is 11.9 Å². The molecule has 1 aromatic carbocycles. The number of nitrogens with one attached hydrogen (secondary N) is 1. The fraction of sp³-hybridized carbons (Fsp3) is 0.562. The van der Waals surface area contributed by atoms with Crippen molar-refractivity contribution in [1.29, 1.82) is 0 Å². The summed E-state index contributed by atoms with van der Waals surface area (Å²) in [4.78, 5) is 4.22. The minimum absolute atomic E-state index is 0.121. The van der Waals surface area contributed by atoms with Gasteiger partial charge in [0.15, 0.2) is 18.0 Å². The molecule has 8 heteroatoms. The fourth-order valence-electron chi connectivity index (χ4n) is 2.93. The van der Waals surface area contributed by atoms with E-state index in [4.69, 9.17) is 19.9 Å². The highest BCUT2D eigenvalue weighted by molar-refractivity contribution is 5.92. The van der Waals surface area contributed by atoms with E-state index in [0.717, 1.165) is 5.69 Å². The van der Waals surface area contributed by atoms with Crippen LogP contribution in [0, 0.1) is 0 Å². The monoisotopic (exact) mass is 337 g/mol. The summed E-state index contributed by atoms with van der Waals surface area (Å²) in [6.45, 7) is 3.17. The lowest BCUT2D eigenvalue weighted by Gasteiger charge is -2.26. The van der Waals surface area contributed by atoms with Crippen molar-refractivity contribution in [1.82, 2.24) is 0 Å². The van der Waals surface area contributed by atoms with Gasteiger partial charge in [-0.15, -0.1) is 0 Å². The number of aliphatic hydroxyl groups is 2. The van der Waals surface area contributed by atoms with Crippen LogP contribution in [0.5, 0.6) is 0 Å². The maximum absolute atomic E-state index is 10.4. The maximum atomic E-state index is 10.4. The predicted molar refractivity (Wildman–Crippen MR) is 87.3 cm³/mol. The van der Waals surface area contributed by atoms with Gasteiger partial charge in [-0.25, -0.2) is 4.99 Å². The van der Waals surface area contributed by atoms with E-state index in [-0.39, 0.29) is 12.6 Å². The molecule has 0 unspecified atom stereocenters. The van der Waals surface area contributed by atoms with Gasteiger partial charge in [0, 0.05) is 5.69 Å². The summed E-state index contributed by atoms with van der Waals surface area (Å²) in [5.74, 6) is -0.692. The first-order valence-corrected chi connectivity index (χ1v) is 7.85. The fourth-order valence-corrected chi connectivity index (χ4v) is 2.93. The average Bonchev–Trinajstić information content (AvgIpc) is 2.99. The molecule has 0 aromatic heterocycles. The van der Waals surface area contributed by atoms with Gasteiger partial charge < -0.3 is 35.5 Å². The van der Waals surface area contributed by atoms with Gasteiger partial charge in [-0.05, 0) is 26.0 Å². The number of hydrogen-bond acceptors (Lipinski definition) is 6. The Kier molecular flexibility index (Phi) is 4.75. The largest absolute Gasteiger partial charge is 0.394 e. The second-order valence-electron chi connectivity index (χ2n) is 6.32. The molecule has 0 bridgehead atoms. The molecule has 2 saturated heterocycles. The van der Waals surface area contributed by atoms with E-state index in [2.05, 4.69) is 10.3 Å². The molecule has 0 saturated carbocycles. The zero-order valence-electron chi connectivity index (χ0n) is 13.6. The lowest BCUT2D eigenvalue weighted by Crippen LogP contribution is -2.43. The Labute approximate surface area is 140 Å². The smallest absolute Gasteiger partial charge is 0.193 e. The first kappa shape index (κ1) is 17.1. The number of anilines is 1. The Morgan fingerprint density at radius 3 is 2.67 bits per heavy atom. The van der Waals surface area contributed by atoms with Crippen LogP contribution in [0.2, 0.25) is 0 Å². The molecule has 8 nitrogen and oxygen atoms in total. The minimum Gasteiger partial charge on any atom is -0.394 e. The number of nitrogens with zero attached hydrogens (tertiary/aromatic N) is 1. The van der Waals surface area contributed by atoms with E-state index in [0.29, 0.717) is 0 Å². The zero-order valence-corrected chi connectivity index (χ0v) is 13.6. The number of rotatable bonds is 4. The molecule has 2 aliphatic rings. The SMILES string of the molecule is CC1(C)O[C@H]2O[C@H]([C@H](CO)N=C(N)Nc3ccccc3)[C@H](O)[C@H]2O1. The third kappa shape index (κ3) is 3.52. The van der Waals surface area contributed by atoms with Gasteiger partial charge in [-0.3, -0.25) is 0 Å². The third-order valence-corrected chi connectivity index (χ3v) is 3.97. The first-order valence-electron chi connectivity index (χ1n) is 7.85. The van der Waals surface area contributed by atoms with Crippen molar-refractivity contribution in [2.24, 2.45) is 10.7 Å². The Bertz CT molecular complexity index is 595. The van der Waals surface area contributed by atoms with Gasteiger partial charge in [0.05, 0.1) is 6.61 Å². The zero-order chi connectivity index (χ0) is 17.3. The van der Waals surface area contributed by atoms with Crippen molar-refractivity contribution in [3.8, 4) is 0 Å². The van der Waals surface area contributed by atoms with Crippen LogP contribution in [-0.4, -0.2) is 59.2 Å². The summed E-state index contributed by atoms with van der Waals surface area (Å²) in [5, 5.41) is 23.0. The Morgan fingerprint density at radius 2 is 2.04 bits per heavy atom. The van der Waals surface area contributed by atoms with Gasteiger partial charge in [-0.1, -0.05) is 18.2 Å². The van der Waals surface area contributed by atoms with Crippen LogP contribution in [0.3, 0.4) is 0 Å². The summed E-state index contributed by atoms with van der Waals surface area (Å²) in [7, 11) is 0. The number of ether oxygens (including phenoxy) is 3. The van der Waals surface area contributed by atoms with Gasteiger partial charge in [-0.2, -0.15) is 0 Å². The van der Waals surface area contributed by atoms with Gasteiger partial charge >= 0.3 is 0 Å². The molecule has 0 spiro atoms. The number of nitrogens with two attached hydrogens (primary N) is 1. The van der Waals surface area contributed by atoms with Crippen molar-refractivity contribution in [3.05, 3.63) is 30.3 Å². The predicted octanol–water partition coefficient (Wildman–Crippen LogP) is 0.0114. The molecule has 5 N–H and O–H groups in total. The summed E-state index contributed by atoms with van der Waals surface area (Å²) in [5.41, 5.74) is 6.65. The number of guanidine groups is 1. The summed E-state index contributed by atoms with van der Waals surface area (Å²) in [6.07, 6.45) is -3.04. The molecule has 0 amide bonds. The number of aliphatic hydroxyl groups excluding tert-OH is 2. The third-order valence-electron chi connectivity index (χ3n) is 3.97. The van der Waals surface area contributed by atoms with E-state index < -0.39 is 36.4 Å². The molecular weight excluding hydrogens is 314 g/mol. The molecule has 3 rings (SSSR count). The van der Waals surface area contributed by atoms with Crippen molar-refractivity contribution in [3.63, 3.8) is 0 Å². The molecule has 132 valence electrons. The van der Waals surface area contributed by atoms with E-state index >= 15 is 0 Å². The highest BCUT2D eigenvalue weighted by Gasteiger charge is 2.56. The van der Waals surface area contributed by atoms with Crippen molar-refractivity contribution >= 4 is 11.6 Å². The normalized spacial score (nSPS) is 33.2. The quantitative estimate of drug-likeness (QED) is 0.451. The minimum atomic E-state index is -0.970. The van der Waals surface area contributed by atoms with E-state index in [1.165, 1.54) is 0 Å². The highest BCUT2D eigenvalue weighted by atomic mass is 16.8. The lowest BCUT2D eigenvalue weighted by atomic mass is 10.0. The second kappa shape index (κ2) is 6.66. The Hall–Kier alpha value is -1.71. The number of para-hydroxylation sites is 1. The van der Waals surface area contributed by atoms with Crippen LogP contribution >= 0.6 is 0 Å². The topological polar surface area (TPSA) is 119 Å².